The second-order valence-corrected chi connectivity index (χ2v) is 14.3. The molecule has 128 valence electrons. The quantitative estimate of drug-likeness (QED) is 0.304. The molecule has 22 heavy (non-hydrogen) atoms. The Morgan fingerprint density at radius 3 is 2.23 bits per heavy atom. The van der Waals surface area contributed by atoms with Crippen LogP contribution in [-0.2, 0) is 4.31 Å². The molecule has 0 saturated carbocycles. The summed E-state index contributed by atoms with van der Waals surface area (Å²) in [5.41, 5.74) is 0. The topological polar surface area (TPSA) is 52.9 Å². The lowest BCUT2D eigenvalue weighted by Gasteiger charge is -2.40. The van der Waals surface area contributed by atoms with Gasteiger partial charge in [0.25, 0.3) is 8.15 Å². The summed E-state index contributed by atoms with van der Waals surface area (Å²) in [6, 6.07) is 0. The third kappa shape index (κ3) is 6.29. The van der Waals surface area contributed by atoms with Crippen LogP contribution in [0.5, 0.6) is 0 Å². The van der Waals surface area contributed by atoms with Gasteiger partial charge in [-0.2, -0.15) is 16.8 Å². The van der Waals surface area contributed by atoms with Crippen molar-refractivity contribution in [3.8, 4) is 11.8 Å². The van der Waals surface area contributed by atoms with Crippen LogP contribution in [0.3, 0.4) is 0 Å². The zero-order chi connectivity index (χ0) is 16.9. The average Bonchev–Trinajstić information content (AvgIpc) is 2.49. The Bertz CT molecular complexity index is 422. The van der Waals surface area contributed by atoms with Crippen LogP contribution in [0.25, 0.3) is 0 Å². The summed E-state index contributed by atoms with van der Waals surface area (Å²) in [5, 5.41) is -0.801. The van der Waals surface area contributed by atoms with E-state index < -0.39 is 46.0 Å². The Hall–Kier alpha value is 1.27. The fourth-order valence-corrected chi connectivity index (χ4v) is 10.0. The first-order chi connectivity index (χ1) is 10.2. The van der Waals surface area contributed by atoms with E-state index in [1.54, 1.807) is 13.8 Å². The van der Waals surface area contributed by atoms with Crippen molar-refractivity contribution in [3.63, 3.8) is 0 Å². The second kappa shape index (κ2) is 9.68. The largest absolute Gasteiger partial charge is 0.340 e. The van der Waals surface area contributed by atoms with E-state index >= 15 is 0 Å². The summed E-state index contributed by atoms with van der Waals surface area (Å²) >= 11 is 0. The number of rotatable bonds is 5. The molecule has 5 atom stereocenters. The van der Waals surface area contributed by atoms with Gasteiger partial charge in [-0.15, -0.1) is 11.8 Å². The lowest BCUT2D eigenvalue weighted by molar-refractivity contribution is 0.489. The highest BCUT2D eigenvalue weighted by Gasteiger charge is 2.45. The van der Waals surface area contributed by atoms with Gasteiger partial charge in [-0.3, -0.25) is 4.31 Å². The molecule has 0 radical (unpaired) electrons. The van der Waals surface area contributed by atoms with E-state index in [2.05, 4.69) is 11.8 Å². The maximum atomic E-state index is 14.1. The van der Waals surface area contributed by atoms with Crippen LogP contribution in [0.15, 0.2) is 0 Å². The van der Waals surface area contributed by atoms with Gasteiger partial charge in [0.2, 0.25) is 8.07 Å². The molecule has 0 aromatic rings. The fraction of sp³-hybridized carbons (Fsp3) is 0.778. The molecule has 0 fully saturated rings. The average molecular weight is 417 g/mol. The molecule has 0 saturated heterocycles. The zero-order valence-corrected chi connectivity index (χ0v) is 16.3. The number of hydrogen-bond donors (Lipinski definition) is 2. The molecule has 1 aliphatic heterocycles. The van der Waals surface area contributed by atoms with Gasteiger partial charge in [-0.05, 0) is 6.42 Å². The highest BCUT2D eigenvalue weighted by molar-refractivity contribution is 8.24. The van der Waals surface area contributed by atoms with E-state index in [-0.39, 0.29) is 13.0 Å². The molecule has 2 N–H and O–H groups in total. The molecule has 13 heteroatoms. The molecule has 0 aromatic heterocycles. The smallest absolute Gasteiger partial charge is 0.312 e. The third-order valence-electron chi connectivity index (χ3n) is 2.75. The first kappa shape index (κ1) is 21.3. The summed E-state index contributed by atoms with van der Waals surface area (Å²) in [6.07, 6.45) is 1.09. The monoisotopic (exact) mass is 417 g/mol. The standard InChI is InChI=1S/C9H16F4NO3P5/c1-9(2)7-5-3-4-6-8-14(19(10)20(11)15)18(9)17-22(13)21(12)16/h15-16H,5-8H2,1-2H3. The zero-order valence-electron chi connectivity index (χ0n) is 11.8. The van der Waals surface area contributed by atoms with E-state index in [0.29, 0.717) is 12.8 Å². The Morgan fingerprint density at radius 1 is 1.09 bits per heavy atom. The van der Waals surface area contributed by atoms with Crippen molar-refractivity contribution < 1.29 is 30.9 Å². The molecule has 0 amide bonds. The van der Waals surface area contributed by atoms with Crippen LogP contribution in [-0.4, -0.2) is 25.9 Å². The van der Waals surface area contributed by atoms with Crippen LogP contribution < -0.4 is 0 Å². The molecule has 1 rings (SSSR count). The van der Waals surface area contributed by atoms with Crippen LogP contribution in [0.1, 0.15) is 33.1 Å². The maximum absolute atomic E-state index is 14.1. The summed E-state index contributed by atoms with van der Waals surface area (Å²) in [5.74, 6) is 5.66. The SMILES string of the molecule is CC1(C)CCC#CCCN(P(F)P(O)F)P1OP(F)P(O)F. The first-order valence-corrected chi connectivity index (χ1v) is 13.4. The number of halogens is 4. The van der Waals surface area contributed by atoms with Crippen molar-refractivity contribution >= 4 is 40.8 Å². The van der Waals surface area contributed by atoms with E-state index in [4.69, 9.17) is 14.1 Å². The minimum absolute atomic E-state index is 0.0491. The highest BCUT2D eigenvalue weighted by atomic mass is 32.1. The molecule has 0 bridgehead atoms. The van der Waals surface area contributed by atoms with Crippen LogP contribution >= 0.6 is 40.8 Å². The fourth-order valence-electron chi connectivity index (χ4n) is 1.68. The summed E-state index contributed by atoms with van der Waals surface area (Å²) in [6.45, 7) is 3.29. The molecule has 1 aliphatic rings. The van der Waals surface area contributed by atoms with E-state index in [1.807, 2.05) is 0 Å². The van der Waals surface area contributed by atoms with Gasteiger partial charge in [0.1, 0.15) is 8.30 Å². The van der Waals surface area contributed by atoms with E-state index in [9.17, 15) is 16.8 Å². The van der Waals surface area contributed by atoms with Crippen LogP contribution in [0.2, 0.25) is 0 Å². The summed E-state index contributed by atoms with van der Waals surface area (Å²) in [4.78, 5) is 17.7. The molecule has 0 spiro atoms. The van der Waals surface area contributed by atoms with Crippen LogP contribution in [0.4, 0.5) is 16.8 Å². The lowest BCUT2D eigenvalue weighted by Crippen LogP contribution is -2.26. The minimum atomic E-state index is -3.44. The van der Waals surface area contributed by atoms with Gasteiger partial charge in [-0.1, -0.05) is 13.8 Å². The number of nitrogens with zero attached hydrogens (tertiary/aromatic N) is 1. The number of hydrogen-bond acceptors (Lipinski definition) is 4. The molecule has 4 nitrogen and oxygen atoms in total. The molecule has 0 aromatic carbocycles. The van der Waals surface area contributed by atoms with Gasteiger partial charge in [-0.25, -0.2) is 4.44 Å². The minimum Gasteiger partial charge on any atom is -0.340 e. The van der Waals surface area contributed by atoms with Crippen molar-refractivity contribution in [2.75, 3.05) is 6.54 Å². The summed E-state index contributed by atoms with van der Waals surface area (Å²) < 4.78 is 59.5. The Balaban J connectivity index is 3.09. The van der Waals surface area contributed by atoms with Crippen molar-refractivity contribution in [2.24, 2.45) is 0 Å². The molecule has 5 unspecified atom stereocenters. The van der Waals surface area contributed by atoms with Gasteiger partial charge in [0.05, 0.1) is 0 Å². The van der Waals surface area contributed by atoms with Crippen molar-refractivity contribution in [2.45, 2.75) is 38.3 Å². The predicted molar refractivity (Wildman–Crippen MR) is 87.0 cm³/mol. The Labute approximate surface area is 133 Å². The third-order valence-corrected chi connectivity index (χ3v) is 11.2. The van der Waals surface area contributed by atoms with Gasteiger partial charge in [0, 0.05) is 24.5 Å². The second-order valence-electron chi connectivity index (χ2n) is 4.81. The molecular formula is C9H16F4NO3P5. The van der Waals surface area contributed by atoms with Gasteiger partial charge in [0.15, 0.2) is 0 Å². The first-order valence-electron chi connectivity index (χ1n) is 6.09. The van der Waals surface area contributed by atoms with Gasteiger partial charge < -0.3 is 9.79 Å². The van der Waals surface area contributed by atoms with Crippen LogP contribution in [0, 0.1) is 11.8 Å². The lowest BCUT2D eigenvalue weighted by atomic mass is 10.1. The molecule has 0 aliphatic carbocycles. The Morgan fingerprint density at radius 2 is 1.68 bits per heavy atom. The molecular weight excluding hydrogens is 401 g/mol. The normalized spacial score (nSPS) is 28.3. The summed E-state index contributed by atoms with van der Waals surface area (Å²) in [7, 11) is -15.3. The Kier molecular flexibility index (Phi) is 9.37. The molecule has 1 heterocycles. The van der Waals surface area contributed by atoms with Crippen molar-refractivity contribution in [1.29, 1.82) is 0 Å². The van der Waals surface area contributed by atoms with E-state index in [1.165, 1.54) is 0 Å². The maximum Gasteiger partial charge on any atom is 0.312 e. The van der Waals surface area contributed by atoms with Crippen molar-refractivity contribution in [1.82, 2.24) is 4.44 Å². The van der Waals surface area contributed by atoms with E-state index in [0.717, 1.165) is 4.44 Å². The van der Waals surface area contributed by atoms with Crippen molar-refractivity contribution in [3.05, 3.63) is 0 Å². The predicted octanol–water partition coefficient (Wildman–Crippen LogP) is 6.52. The van der Waals surface area contributed by atoms with Gasteiger partial charge >= 0.3 is 16.3 Å². The highest BCUT2D eigenvalue weighted by Crippen LogP contribution is 2.83.